The number of aromatic nitrogens is 2. The van der Waals surface area contributed by atoms with Crippen LogP contribution in [-0.2, 0) is 17.8 Å². The van der Waals surface area contributed by atoms with Crippen molar-refractivity contribution < 1.29 is 13.9 Å². The van der Waals surface area contributed by atoms with Crippen molar-refractivity contribution in [1.82, 2.24) is 15.1 Å². The van der Waals surface area contributed by atoms with Crippen LogP contribution in [0.3, 0.4) is 0 Å². The first-order chi connectivity index (χ1) is 11.4. The minimum Gasteiger partial charge on any atom is -0.383 e. The van der Waals surface area contributed by atoms with Gasteiger partial charge in [0, 0.05) is 30.6 Å². The van der Waals surface area contributed by atoms with Crippen LogP contribution in [0.25, 0.3) is 0 Å². The molecule has 130 valence electrons. The molecule has 0 fully saturated rings. The van der Waals surface area contributed by atoms with Crippen molar-refractivity contribution in [3.63, 3.8) is 0 Å². The highest BCUT2D eigenvalue weighted by Gasteiger charge is 2.12. The predicted molar refractivity (Wildman–Crippen MR) is 90.6 cm³/mol. The molecule has 6 nitrogen and oxygen atoms in total. The van der Waals surface area contributed by atoms with E-state index in [-0.39, 0.29) is 11.8 Å². The molecule has 0 unspecified atom stereocenters. The Kier molecular flexibility index (Phi) is 5.92. The highest BCUT2D eigenvalue weighted by molar-refractivity contribution is 5.89. The van der Waals surface area contributed by atoms with E-state index in [2.05, 4.69) is 15.7 Å². The minimum absolute atomic E-state index is 0.348. The van der Waals surface area contributed by atoms with Crippen LogP contribution in [0.4, 0.5) is 14.9 Å². The van der Waals surface area contributed by atoms with Gasteiger partial charge in [-0.1, -0.05) is 6.07 Å². The summed E-state index contributed by atoms with van der Waals surface area (Å²) in [6.45, 7) is 7.13. The fraction of sp³-hybridized carbons (Fsp3) is 0.412. The smallest absolute Gasteiger partial charge is 0.319 e. The van der Waals surface area contributed by atoms with Crippen LogP contribution in [0.1, 0.15) is 22.5 Å². The van der Waals surface area contributed by atoms with Gasteiger partial charge in [-0.2, -0.15) is 5.10 Å². The summed E-state index contributed by atoms with van der Waals surface area (Å²) in [7, 11) is 1.65. The van der Waals surface area contributed by atoms with E-state index in [0.29, 0.717) is 30.9 Å². The second kappa shape index (κ2) is 7.92. The molecule has 0 spiro atoms. The number of aryl methyl sites for hydroxylation is 2. The Hall–Kier alpha value is -2.41. The number of anilines is 1. The Morgan fingerprint density at radius 2 is 2.08 bits per heavy atom. The number of benzene rings is 1. The van der Waals surface area contributed by atoms with Crippen LogP contribution in [0.15, 0.2) is 18.2 Å². The van der Waals surface area contributed by atoms with E-state index in [1.165, 1.54) is 6.07 Å². The third kappa shape index (κ3) is 4.32. The normalized spacial score (nSPS) is 10.7. The van der Waals surface area contributed by atoms with Crippen molar-refractivity contribution in [3.05, 3.63) is 46.5 Å². The number of hydrogen-bond donors (Lipinski definition) is 2. The largest absolute Gasteiger partial charge is 0.383 e. The van der Waals surface area contributed by atoms with Crippen LogP contribution < -0.4 is 10.6 Å². The molecule has 0 saturated heterocycles. The lowest BCUT2D eigenvalue weighted by atomic mass is 10.2. The predicted octanol–water partition coefficient (Wildman–Crippen LogP) is 2.92. The van der Waals surface area contributed by atoms with Gasteiger partial charge in [-0.25, -0.2) is 9.18 Å². The van der Waals surface area contributed by atoms with Gasteiger partial charge in [0.1, 0.15) is 5.82 Å². The van der Waals surface area contributed by atoms with Crippen LogP contribution >= 0.6 is 0 Å². The highest BCUT2D eigenvalue weighted by Crippen LogP contribution is 2.15. The maximum absolute atomic E-state index is 13.5. The molecule has 0 saturated carbocycles. The summed E-state index contributed by atoms with van der Waals surface area (Å²) in [4.78, 5) is 12.0. The zero-order valence-electron chi connectivity index (χ0n) is 14.4. The number of carbonyl (C=O) groups is 1. The Morgan fingerprint density at radius 1 is 1.33 bits per heavy atom. The zero-order chi connectivity index (χ0) is 17.7. The van der Waals surface area contributed by atoms with Crippen molar-refractivity contribution >= 4 is 11.7 Å². The Balaban J connectivity index is 1.96. The molecule has 0 atom stereocenters. The molecule has 0 bridgehead atoms. The highest BCUT2D eigenvalue weighted by atomic mass is 19.1. The van der Waals surface area contributed by atoms with Crippen molar-refractivity contribution in [1.29, 1.82) is 0 Å². The van der Waals surface area contributed by atoms with E-state index < -0.39 is 0 Å². The fourth-order valence-corrected chi connectivity index (χ4v) is 2.40. The van der Waals surface area contributed by atoms with Gasteiger partial charge in [0.2, 0.25) is 0 Å². The molecule has 1 heterocycles. The van der Waals surface area contributed by atoms with Gasteiger partial charge < -0.3 is 15.4 Å². The first-order valence-corrected chi connectivity index (χ1v) is 7.75. The van der Waals surface area contributed by atoms with Gasteiger partial charge in [-0.15, -0.1) is 0 Å². The molecule has 2 amide bonds. The lowest BCUT2D eigenvalue weighted by Crippen LogP contribution is -2.28. The molecule has 0 aliphatic carbocycles. The van der Waals surface area contributed by atoms with E-state index in [1.54, 1.807) is 26.2 Å². The molecule has 2 N–H and O–H groups in total. The molecule has 2 aromatic rings. The van der Waals surface area contributed by atoms with Gasteiger partial charge in [-0.05, 0) is 38.5 Å². The molecule has 1 aromatic carbocycles. The third-order valence-electron chi connectivity index (χ3n) is 3.89. The van der Waals surface area contributed by atoms with Gasteiger partial charge >= 0.3 is 6.03 Å². The molecule has 0 aliphatic heterocycles. The van der Waals surface area contributed by atoms with Crippen LogP contribution in [-0.4, -0.2) is 29.5 Å². The number of nitrogens with zero attached hydrogens (tertiary/aromatic N) is 2. The van der Waals surface area contributed by atoms with Crippen LogP contribution in [0.5, 0.6) is 0 Å². The van der Waals surface area contributed by atoms with Crippen LogP contribution in [0.2, 0.25) is 0 Å². The van der Waals surface area contributed by atoms with Gasteiger partial charge in [0.05, 0.1) is 18.8 Å². The third-order valence-corrected chi connectivity index (χ3v) is 3.89. The second-order valence-electron chi connectivity index (χ2n) is 5.64. The van der Waals surface area contributed by atoms with Crippen LogP contribution in [0, 0.1) is 26.6 Å². The number of methoxy groups -OCH3 is 1. The van der Waals surface area contributed by atoms with E-state index >= 15 is 0 Å². The number of rotatable bonds is 6. The Bertz CT molecular complexity index is 728. The molecule has 0 aliphatic rings. The molecule has 0 radical (unpaired) electrons. The topological polar surface area (TPSA) is 68.2 Å². The number of amides is 2. The standard InChI is InChI=1S/C17H23FN4O2/c1-11-5-6-14(9-16(11)18)20-17(23)19-10-15-12(2)21-22(13(15)3)7-8-24-4/h5-6,9H,7-8,10H2,1-4H3,(H2,19,20,23). The molecular weight excluding hydrogens is 311 g/mol. The van der Waals surface area contributed by atoms with Crippen molar-refractivity contribution in [2.75, 3.05) is 19.0 Å². The number of urea groups is 1. The summed E-state index contributed by atoms with van der Waals surface area (Å²) < 4.78 is 20.4. The van der Waals surface area contributed by atoms with E-state index in [0.717, 1.165) is 17.0 Å². The molecule has 7 heteroatoms. The number of carbonyl (C=O) groups excluding carboxylic acids is 1. The zero-order valence-corrected chi connectivity index (χ0v) is 14.4. The van der Waals surface area contributed by atoms with E-state index in [1.807, 2.05) is 18.5 Å². The lowest BCUT2D eigenvalue weighted by molar-refractivity contribution is 0.182. The average molecular weight is 334 g/mol. The molecule has 2 rings (SSSR count). The fourth-order valence-electron chi connectivity index (χ4n) is 2.40. The van der Waals surface area contributed by atoms with Gasteiger partial charge in [0.25, 0.3) is 0 Å². The SMILES string of the molecule is COCCn1nc(C)c(CNC(=O)Nc2ccc(C)c(F)c2)c1C. The molecule has 1 aromatic heterocycles. The average Bonchev–Trinajstić information content (AvgIpc) is 2.81. The van der Waals surface area contributed by atoms with Gasteiger partial charge in [-0.3, -0.25) is 4.68 Å². The monoisotopic (exact) mass is 334 g/mol. The first kappa shape index (κ1) is 17.9. The maximum Gasteiger partial charge on any atom is 0.319 e. The number of ether oxygens (including phenoxy) is 1. The number of hydrogen-bond acceptors (Lipinski definition) is 3. The summed E-state index contributed by atoms with van der Waals surface area (Å²) in [6, 6.07) is 4.20. The molecule has 24 heavy (non-hydrogen) atoms. The Labute approximate surface area is 141 Å². The summed E-state index contributed by atoms with van der Waals surface area (Å²) in [5, 5.41) is 9.84. The van der Waals surface area contributed by atoms with E-state index in [4.69, 9.17) is 4.74 Å². The van der Waals surface area contributed by atoms with Crippen molar-refractivity contribution in [2.45, 2.75) is 33.9 Å². The Morgan fingerprint density at radius 3 is 2.75 bits per heavy atom. The summed E-state index contributed by atoms with van der Waals surface area (Å²) in [6.07, 6.45) is 0. The van der Waals surface area contributed by atoms with Gasteiger partial charge in [0.15, 0.2) is 0 Å². The number of nitrogens with one attached hydrogen (secondary N) is 2. The second-order valence-corrected chi connectivity index (χ2v) is 5.64. The first-order valence-electron chi connectivity index (χ1n) is 7.75. The van der Waals surface area contributed by atoms with Crippen molar-refractivity contribution in [2.24, 2.45) is 0 Å². The van der Waals surface area contributed by atoms with Crippen molar-refractivity contribution in [3.8, 4) is 0 Å². The number of halogens is 1. The summed E-state index contributed by atoms with van der Waals surface area (Å²) in [5.74, 6) is -0.348. The summed E-state index contributed by atoms with van der Waals surface area (Å²) >= 11 is 0. The minimum atomic E-state index is -0.387. The quantitative estimate of drug-likeness (QED) is 0.853. The summed E-state index contributed by atoms with van der Waals surface area (Å²) in [5.41, 5.74) is 3.78. The molecular formula is C17H23FN4O2. The maximum atomic E-state index is 13.5. The lowest BCUT2D eigenvalue weighted by Gasteiger charge is -2.09. The van der Waals surface area contributed by atoms with E-state index in [9.17, 15) is 9.18 Å².